The van der Waals surface area contributed by atoms with Crippen LogP contribution < -0.4 is 5.11 Å². The molecule has 0 aromatic heterocycles. The lowest BCUT2D eigenvalue weighted by atomic mass is 9.95. The van der Waals surface area contributed by atoms with Gasteiger partial charge in [0.2, 0.25) is 0 Å². The molecule has 6 heteroatoms. The summed E-state index contributed by atoms with van der Waals surface area (Å²) in [4.78, 5) is 8.78. The fraction of sp³-hybridized carbons (Fsp3) is 0.800. The summed E-state index contributed by atoms with van der Waals surface area (Å²) < 4.78 is 33.7. The summed E-state index contributed by atoms with van der Waals surface area (Å²) in [5.74, 6) is -3.01. The summed E-state index contributed by atoms with van der Waals surface area (Å²) in [6.45, 7) is 3.90. The Bertz CT molecular complexity index is 245. The van der Waals surface area contributed by atoms with Crippen LogP contribution in [-0.2, 0) is 4.79 Å². The Morgan fingerprint density at radius 1 is 1.31 bits per heavy atom. The zero-order chi connectivity index (χ0) is 12.8. The highest BCUT2D eigenvalue weighted by Gasteiger charge is 2.28. The average Bonchev–Trinajstić information content (AvgIpc) is 2.18. The van der Waals surface area contributed by atoms with Crippen molar-refractivity contribution in [3.63, 3.8) is 0 Å². The van der Waals surface area contributed by atoms with Gasteiger partial charge in [-0.2, -0.15) is 13.2 Å². The smallest absolute Gasteiger partial charge is 0.430 e. The number of carboxylic acids is 1. The van der Waals surface area contributed by atoms with Crippen LogP contribution >= 0.6 is 0 Å². The Balaban J connectivity index is 0.000000293. The fourth-order valence-corrected chi connectivity index (χ4v) is 1.52. The lowest BCUT2D eigenvalue weighted by Gasteiger charge is -2.16. The molecule has 94 valence electrons. The number of halogens is 3. The minimum absolute atomic E-state index is 0.777. The van der Waals surface area contributed by atoms with E-state index < -0.39 is 12.1 Å². The van der Waals surface area contributed by atoms with Gasteiger partial charge in [-0.1, -0.05) is 6.42 Å². The van der Waals surface area contributed by atoms with Gasteiger partial charge in [0.1, 0.15) is 19.7 Å². The number of carboxylic acid groups (broad SMARTS) is 1. The standard InChI is InChI=1S/C8H16N.C2HF3O2/c1-9(2)8-6-4-3-5-7-8;3-2(4,5)1(6)7/h8H,1,3-7H2,2H3;(H,6,7)/q+1;/p-1. The van der Waals surface area contributed by atoms with Crippen molar-refractivity contribution in [3.05, 3.63) is 0 Å². The Kier molecular flexibility index (Phi) is 6.06. The van der Waals surface area contributed by atoms with E-state index in [1.54, 1.807) is 0 Å². The maximum Gasteiger partial charge on any atom is 0.430 e. The van der Waals surface area contributed by atoms with Gasteiger partial charge in [0.15, 0.2) is 6.04 Å². The molecule has 1 saturated carbocycles. The third-order valence-corrected chi connectivity index (χ3v) is 2.43. The molecule has 0 aliphatic heterocycles. The second-order valence-electron chi connectivity index (χ2n) is 3.83. The molecule has 1 aliphatic carbocycles. The van der Waals surface area contributed by atoms with Crippen molar-refractivity contribution in [2.45, 2.75) is 44.3 Å². The predicted molar refractivity (Wildman–Crippen MR) is 51.2 cm³/mol. The maximum atomic E-state index is 10.5. The molecule has 3 nitrogen and oxygen atoms in total. The monoisotopic (exact) mass is 239 g/mol. The van der Waals surface area contributed by atoms with Crippen molar-refractivity contribution in [3.8, 4) is 0 Å². The van der Waals surface area contributed by atoms with Gasteiger partial charge in [0.05, 0.1) is 0 Å². The third-order valence-electron chi connectivity index (χ3n) is 2.43. The highest BCUT2D eigenvalue weighted by Crippen LogP contribution is 2.18. The van der Waals surface area contributed by atoms with Crippen LogP contribution in [0.25, 0.3) is 0 Å². The lowest BCUT2D eigenvalue weighted by molar-refractivity contribution is -0.533. The van der Waals surface area contributed by atoms with E-state index >= 15 is 0 Å². The van der Waals surface area contributed by atoms with Gasteiger partial charge in [-0.25, -0.2) is 4.58 Å². The maximum absolute atomic E-state index is 10.5. The molecule has 0 saturated heterocycles. The lowest BCUT2D eigenvalue weighted by Crippen LogP contribution is -2.37. The van der Waals surface area contributed by atoms with Gasteiger partial charge >= 0.3 is 6.18 Å². The van der Waals surface area contributed by atoms with E-state index in [4.69, 9.17) is 9.90 Å². The summed E-state index contributed by atoms with van der Waals surface area (Å²) in [6.07, 6.45) is 1.78. The molecule has 0 unspecified atom stereocenters. The molecular formula is C10H16F3NO2. The second kappa shape index (κ2) is 6.50. The predicted octanol–water partition coefficient (Wildman–Crippen LogP) is 0.961. The quantitative estimate of drug-likeness (QED) is 0.505. The largest absolute Gasteiger partial charge is 0.542 e. The molecule has 0 radical (unpaired) electrons. The topological polar surface area (TPSA) is 43.1 Å². The van der Waals surface area contributed by atoms with E-state index in [0.717, 1.165) is 6.04 Å². The van der Waals surface area contributed by atoms with Crippen LogP contribution in [0.3, 0.4) is 0 Å². The molecule has 1 aliphatic rings. The summed E-state index contributed by atoms with van der Waals surface area (Å²) in [5.41, 5.74) is 0. The number of hydrogen-bond donors (Lipinski definition) is 0. The van der Waals surface area contributed by atoms with Gasteiger partial charge in [-0.3, -0.25) is 0 Å². The first kappa shape index (κ1) is 14.9. The number of carbonyl (C=O) groups is 1. The van der Waals surface area contributed by atoms with E-state index in [0.29, 0.717) is 0 Å². The van der Waals surface area contributed by atoms with Gasteiger partial charge in [-0.05, 0) is 12.8 Å². The SMILES string of the molecule is C=[N+](C)C1CCCCC1.O=C([O-])C(F)(F)F. The zero-order valence-electron chi connectivity index (χ0n) is 9.22. The van der Waals surface area contributed by atoms with Gasteiger partial charge in [0, 0.05) is 12.8 Å². The van der Waals surface area contributed by atoms with Crippen LogP contribution in [0.15, 0.2) is 0 Å². The Labute approximate surface area is 92.6 Å². The first-order valence-electron chi connectivity index (χ1n) is 5.06. The number of rotatable bonds is 1. The third kappa shape index (κ3) is 6.42. The molecule has 16 heavy (non-hydrogen) atoms. The summed E-state index contributed by atoms with van der Waals surface area (Å²) in [7, 11) is 2.08. The van der Waals surface area contributed by atoms with Crippen molar-refractivity contribution in [2.24, 2.45) is 0 Å². The molecule has 0 N–H and O–H groups in total. The highest BCUT2D eigenvalue weighted by atomic mass is 19.4. The van der Waals surface area contributed by atoms with Gasteiger partial charge < -0.3 is 9.90 Å². The van der Waals surface area contributed by atoms with Crippen LogP contribution in [-0.4, -0.2) is 36.5 Å². The molecule has 0 atom stereocenters. The molecule has 0 heterocycles. The number of carbonyl (C=O) groups excluding carboxylic acids is 1. The van der Waals surface area contributed by atoms with Gasteiger partial charge in [-0.15, -0.1) is 0 Å². The van der Waals surface area contributed by atoms with Crippen LogP contribution in [0.1, 0.15) is 32.1 Å². The average molecular weight is 239 g/mol. The van der Waals surface area contributed by atoms with Crippen molar-refractivity contribution >= 4 is 12.7 Å². The van der Waals surface area contributed by atoms with Crippen LogP contribution in [0.4, 0.5) is 13.2 Å². The number of aliphatic carboxylic acids is 1. The van der Waals surface area contributed by atoms with Crippen LogP contribution in [0.2, 0.25) is 0 Å². The van der Waals surface area contributed by atoms with Crippen molar-refractivity contribution in [1.29, 1.82) is 0 Å². The number of alkyl halides is 3. The molecule has 0 bridgehead atoms. The summed E-state index contributed by atoms with van der Waals surface area (Å²) in [6, 6.07) is 0.777. The van der Waals surface area contributed by atoms with E-state index in [2.05, 4.69) is 18.3 Å². The zero-order valence-corrected chi connectivity index (χ0v) is 9.22. The van der Waals surface area contributed by atoms with E-state index in [-0.39, 0.29) is 0 Å². The second-order valence-corrected chi connectivity index (χ2v) is 3.83. The Hall–Kier alpha value is -1.07. The first-order valence-corrected chi connectivity index (χ1v) is 5.06. The number of nitrogens with zero attached hydrogens (tertiary/aromatic N) is 1. The minimum Gasteiger partial charge on any atom is -0.542 e. The number of hydrogen-bond acceptors (Lipinski definition) is 2. The van der Waals surface area contributed by atoms with Gasteiger partial charge in [0.25, 0.3) is 0 Å². The molecule has 1 fully saturated rings. The van der Waals surface area contributed by atoms with Crippen molar-refractivity contribution in [2.75, 3.05) is 7.05 Å². The molecule has 0 aromatic carbocycles. The molecule has 0 aromatic rings. The molecular weight excluding hydrogens is 223 g/mol. The summed E-state index contributed by atoms with van der Waals surface area (Å²) in [5, 5.41) is 8.78. The fourth-order valence-electron chi connectivity index (χ4n) is 1.52. The molecule has 0 amide bonds. The van der Waals surface area contributed by atoms with Crippen molar-refractivity contribution < 1.29 is 27.6 Å². The molecule has 1 rings (SSSR count). The van der Waals surface area contributed by atoms with E-state index in [1.807, 2.05) is 0 Å². The van der Waals surface area contributed by atoms with Crippen LogP contribution in [0, 0.1) is 0 Å². The summed E-state index contributed by atoms with van der Waals surface area (Å²) >= 11 is 0. The van der Waals surface area contributed by atoms with E-state index in [9.17, 15) is 13.2 Å². The first-order chi connectivity index (χ1) is 7.25. The highest BCUT2D eigenvalue weighted by molar-refractivity contribution is 5.70. The normalized spacial score (nSPS) is 17.2. The Morgan fingerprint density at radius 2 is 1.69 bits per heavy atom. The van der Waals surface area contributed by atoms with Crippen LogP contribution in [0.5, 0.6) is 0 Å². The van der Waals surface area contributed by atoms with Crippen molar-refractivity contribution in [1.82, 2.24) is 0 Å². The molecule has 0 spiro atoms. The Morgan fingerprint density at radius 3 is 1.88 bits per heavy atom. The van der Waals surface area contributed by atoms with E-state index in [1.165, 1.54) is 32.1 Å². The minimum atomic E-state index is -5.19.